The topological polar surface area (TPSA) is 38.9 Å². The van der Waals surface area contributed by atoms with Crippen molar-refractivity contribution in [3.05, 3.63) is 42.1 Å². The third-order valence-corrected chi connectivity index (χ3v) is 3.26. The molecule has 0 atom stereocenters. The molecular formula is C13H14N2. The van der Waals surface area contributed by atoms with Crippen LogP contribution in [0.5, 0.6) is 0 Å². The number of hydrogen-bond donors (Lipinski definition) is 1. The van der Waals surface area contributed by atoms with Gasteiger partial charge in [-0.05, 0) is 36.5 Å². The zero-order valence-electron chi connectivity index (χ0n) is 8.56. The van der Waals surface area contributed by atoms with Crippen molar-refractivity contribution in [3.63, 3.8) is 0 Å². The van der Waals surface area contributed by atoms with E-state index in [1.807, 2.05) is 18.3 Å². The van der Waals surface area contributed by atoms with Crippen LogP contribution in [0.25, 0.3) is 10.9 Å². The highest BCUT2D eigenvalue weighted by atomic mass is 14.7. The third kappa shape index (κ3) is 1.51. The predicted octanol–water partition coefficient (Wildman–Crippen LogP) is 2.44. The van der Waals surface area contributed by atoms with Gasteiger partial charge in [0.25, 0.3) is 0 Å². The van der Waals surface area contributed by atoms with Gasteiger partial charge in [-0.2, -0.15) is 0 Å². The van der Waals surface area contributed by atoms with Gasteiger partial charge in [-0.3, -0.25) is 4.98 Å². The minimum atomic E-state index is 0.404. The molecule has 2 N–H and O–H groups in total. The number of hydrogen-bond acceptors (Lipinski definition) is 2. The quantitative estimate of drug-likeness (QED) is 0.764. The Labute approximate surface area is 89.1 Å². The molecule has 1 aliphatic rings. The predicted molar refractivity (Wildman–Crippen MR) is 61.7 cm³/mol. The van der Waals surface area contributed by atoms with Crippen LogP contribution >= 0.6 is 0 Å². The summed E-state index contributed by atoms with van der Waals surface area (Å²) >= 11 is 0. The van der Waals surface area contributed by atoms with Gasteiger partial charge in [-0.1, -0.05) is 18.2 Å². The van der Waals surface area contributed by atoms with Gasteiger partial charge >= 0.3 is 0 Å². The molecule has 1 fully saturated rings. The van der Waals surface area contributed by atoms with E-state index in [9.17, 15) is 0 Å². The molecule has 1 aliphatic carbocycles. The molecule has 0 unspecified atom stereocenters. The Bertz CT molecular complexity index is 487. The summed E-state index contributed by atoms with van der Waals surface area (Å²) < 4.78 is 0. The number of nitrogens with zero attached hydrogens (tertiary/aromatic N) is 1. The molecule has 2 heteroatoms. The third-order valence-electron chi connectivity index (χ3n) is 3.26. The molecule has 1 heterocycles. The highest BCUT2D eigenvalue weighted by Gasteiger charge is 2.27. The van der Waals surface area contributed by atoms with Gasteiger partial charge in [0.15, 0.2) is 0 Å². The summed E-state index contributed by atoms with van der Waals surface area (Å²) in [6.07, 6.45) is 4.22. The van der Waals surface area contributed by atoms with Crippen molar-refractivity contribution in [1.29, 1.82) is 0 Å². The number of rotatable bonds is 1. The average molecular weight is 198 g/mol. The van der Waals surface area contributed by atoms with Gasteiger partial charge < -0.3 is 5.73 Å². The standard InChI is InChI=1S/C13H14N2/c14-12-6-10(7-12)11-5-9-3-1-2-4-13(9)15-8-11/h1-5,8,10,12H,6-7,14H2. The number of aromatic nitrogens is 1. The fourth-order valence-corrected chi connectivity index (χ4v) is 2.25. The van der Waals surface area contributed by atoms with Crippen molar-refractivity contribution >= 4 is 10.9 Å². The molecule has 1 aromatic carbocycles. The molecule has 0 amide bonds. The number of pyridine rings is 1. The highest BCUT2D eigenvalue weighted by molar-refractivity contribution is 5.78. The van der Waals surface area contributed by atoms with E-state index < -0.39 is 0 Å². The summed E-state index contributed by atoms with van der Waals surface area (Å²) in [6, 6.07) is 10.9. The first-order chi connectivity index (χ1) is 7.33. The average Bonchev–Trinajstić information content (AvgIpc) is 2.24. The summed E-state index contributed by atoms with van der Waals surface area (Å²) in [5, 5.41) is 1.23. The lowest BCUT2D eigenvalue weighted by molar-refractivity contribution is 0.351. The van der Waals surface area contributed by atoms with Crippen LogP contribution in [0.4, 0.5) is 0 Å². The molecule has 1 saturated carbocycles. The van der Waals surface area contributed by atoms with Crippen LogP contribution in [0, 0.1) is 0 Å². The fourth-order valence-electron chi connectivity index (χ4n) is 2.25. The van der Waals surface area contributed by atoms with Crippen molar-refractivity contribution in [3.8, 4) is 0 Å². The molecule has 1 aromatic heterocycles. The Morgan fingerprint density at radius 3 is 2.80 bits per heavy atom. The van der Waals surface area contributed by atoms with Crippen molar-refractivity contribution in [2.75, 3.05) is 0 Å². The van der Waals surface area contributed by atoms with Crippen molar-refractivity contribution in [2.24, 2.45) is 5.73 Å². The SMILES string of the molecule is NC1CC(c2cnc3ccccc3c2)C1. The lowest BCUT2D eigenvalue weighted by Crippen LogP contribution is -2.34. The van der Waals surface area contributed by atoms with E-state index in [-0.39, 0.29) is 0 Å². The minimum absolute atomic E-state index is 0.404. The first kappa shape index (κ1) is 8.86. The lowest BCUT2D eigenvalue weighted by atomic mass is 9.77. The second kappa shape index (κ2) is 3.31. The lowest BCUT2D eigenvalue weighted by Gasteiger charge is -2.32. The molecule has 76 valence electrons. The summed E-state index contributed by atoms with van der Waals surface area (Å²) in [5.74, 6) is 0.636. The maximum atomic E-state index is 5.80. The summed E-state index contributed by atoms with van der Waals surface area (Å²) in [4.78, 5) is 4.47. The summed E-state index contributed by atoms with van der Waals surface area (Å²) in [5.41, 5.74) is 8.22. The van der Waals surface area contributed by atoms with Crippen LogP contribution in [0.15, 0.2) is 36.5 Å². The fraction of sp³-hybridized carbons (Fsp3) is 0.308. The zero-order valence-corrected chi connectivity index (χ0v) is 8.56. The Hall–Kier alpha value is -1.41. The van der Waals surface area contributed by atoms with E-state index in [1.54, 1.807) is 0 Å². The molecule has 3 rings (SSSR count). The summed E-state index contributed by atoms with van der Waals surface area (Å²) in [6.45, 7) is 0. The van der Waals surface area contributed by atoms with Crippen molar-refractivity contribution in [2.45, 2.75) is 24.8 Å². The molecular weight excluding hydrogens is 184 g/mol. The molecule has 2 nitrogen and oxygen atoms in total. The van der Waals surface area contributed by atoms with Gasteiger partial charge in [-0.15, -0.1) is 0 Å². The smallest absolute Gasteiger partial charge is 0.0702 e. The number of nitrogens with two attached hydrogens (primary N) is 1. The van der Waals surface area contributed by atoms with Crippen molar-refractivity contribution in [1.82, 2.24) is 4.98 Å². The highest BCUT2D eigenvalue weighted by Crippen LogP contribution is 2.36. The Morgan fingerprint density at radius 2 is 2.00 bits per heavy atom. The van der Waals surface area contributed by atoms with E-state index >= 15 is 0 Å². The van der Waals surface area contributed by atoms with E-state index in [4.69, 9.17) is 5.73 Å². The Morgan fingerprint density at radius 1 is 1.20 bits per heavy atom. The molecule has 0 bridgehead atoms. The van der Waals surface area contributed by atoms with E-state index in [1.165, 1.54) is 10.9 Å². The van der Waals surface area contributed by atoms with Crippen molar-refractivity contribution < 1.29 is 0 Å². The van der Waals surface area contributed by atoms with Gasteiger partial charge in [0, 0.05) is 17.6 Å². The monoisotopic (exact) mass is 198 g/mol. The van der Waals surface area contributed by atoms with Crippen LogP contribution in [0.3, 0.4) is 0 Å². The van der Waals surface area contributed by atoms with Crippen LogP contribution in [0.1, 0.15) is 24.3 Å². The van der Waals surface area contributed by atoms with Gasteiger partial charge in [0.05, 0.1) is 5.52 Å². The number of fused-ring (bicyclic) bond motifs is 1. The van der Waals surface area contributed by atoms with E-state index in [0.29, 0.717) is 12.0 Å². The molecule has 15 heavy (non-hydrogen) atoms. The molecule has 0 saturated heterocycles. The largest absolute Gasteiger partial charge is 0.328 e. The first-order valence-electron chi connectivity index (χ1n) is 5.43. The van der Waals surface area contributed by atoms with Gasteiger partial charge in [-0.25, -0.2) is 0 Å². The van der Waals surface area contributed by atoms with Crippen LogP contribution in [-0.4, -0.2) is 11.0 Å². The Kier molecular flexibility index (Phi) is 1.96. The number of para-hydroxylation sites is 1. The summed E-state index contributed by atoms with van der Waals surface area (Å²) in [7, 11) is 0. The molecule has 2 aromatic rings. The molecule has 0 radical (unpaired) electrons. The van der Waals surface area contributed by atoms with E-state index in [0.717, 1.165) is 18.4 Å². The zero-order chi connectivity index (χ0) is 10.3. The van der Waals surface area contributed by atoms with Crippen LogP contribution in [0.2, 0.25) is 0 Å². The maximum Gasteiger partial charge on any atom is 0.0702 e. The Balaban J connectivity index is 1.99. The first-order valence-corrected chi connectivity index (χ1v) is 5.43. The van der Waals surface area contributed by atoms with Gasteiger partial charge in [0.1, 0.15) is 0 Å². The second-order valence-electron chi connectivity index (χ2n) is 4.39. The minimum Gasteiger partial charge on any atom is -0.328 e. The van der Waals surface area contributed by atoms with Gasteiger partial charge in [0.2, 0.25) is 0 Å². The van der Waals surface area contributed by atoms with Crippen LogP contribution < -0.4 is 5.73 Å². The van der Waals surface area contributed by atoms with E-state index in [2.05, 4.69) is 23.2 Å². The van der Waals surface area contributed by atoms with Crippen LogP contribution in [-0.2, 0) is 0 Å². The normalized spacial score (nSPS) is 25.1. The maximum absolute atomic E-state index is 5.80. The molecule has 0 spiro atoms. The molecule has 0 aliphatic heterocycles. The second-order valence-corrected chi connectivity index (χ2v) is 4.39. The number of benzene rings is 1.